The Labute approximate surface area is 117 Å². The molecule has 4 nitrogen and oxygen atoms in total. The van der Waals surface area contributed by atoms with Crippen molar-refractivity contribution in [3.8, 4) is 11.5 Å². The minimum atomic E-state index is -1.06. The maximum Gasteiger partial charge on any atom is 0.337 e. The van der Waals surface area contributed by atoms with Gasteiger partial charge in [0.05, 0.1) is 11.3 Å². The first kappa shape index (κ1) is 13.9. The predicted octanol–water partition coefficient (Wildman–Crippen LogP) is 3.68. The quantitative estimate of drug-likeness (QED) is 0.835. The third kappa shape index (κ3) is 2.45. The first-order chi connectivity index (χ1) is 9.41. The maximum absolute atomic E-state index is 11.1. The van der Waals surface area contributed by atoms with Gasteiger partial charge in [0, 0.05) is 0 Å². The van der Waals surface area contributed by atoms with Crippen molar-refractivity contribution in [3.05, 3.63) is 52.6 Å². The normalized spacial score (nSPS) is 10.3. The molecule has 0 aliphatic carbocycles. The van der Waals surface area contributed by atoms with Crippen molar-refractivity contribution in [2.75, 3.05) is 5.73 Å². The average Bonchev–Trinajstić information content (AvgIpc) is 2.40. The largest absolute Gasteiger partial charge is 0.478 e. The van der Waals surface area contributed by atoms with E-state index in [2.05, 4.69) is 0 Å². The lowest BCUT2D eigenvalue weighted by Crippen LogP contribution is -2.04. The zero-order valence-electron chi connectivity index (χ0n) is 11.7. The lowest BCUT2D eigenvalue weighted by molar-refractivity contribution is 0.0697. The smallest absolute Gasteiger partial charge is 0.337 e. The van der Waals surface area contributed by atoms with Gasteiger partial charge in [-0.25, -0.2) is 4.79 Å². The average molecular weight is 271 g/mol. The van der Waals surface area contributed by atoms with Crippen LogP contribution >= 0.6 is 0 Å². The number of rotatable bonds is 3. The maximum atomic E-state index is 11.1. The molecule has 2 aromatic carbocycles. The van der Waals surface area contributed by atoms with E-state index in [1.165, 1.54) is 6.07 Å². The van der Waals surface area contributed by atoms with Crippen LogP contribution in [0, 0.1) is 20.8 Å². The molecule has 0 spiro atoms. The highest BCUT2D eigenvalue weighted by Gasteiger charge is 2.14. The van der Waals surface area contributed by atoms with E-state index in [1.807, 2.05) is 32.9 Å². The minimum Gasteiger partial charge on any atom is -0.478 e. The molecule has 104 valence electrons. The monoisotopic (exact) mass is 271 g/mol. The molecule has 2 rings (SSSR count). The van der Waals surface area contributed by atoms with Gasteiger partial charge in [-0.1, -0.05) is 18.2 Å². The highest BCUT2D eigenvalue weighted by Crippen LogP contribution is 2.34. The summed E-state index contributed by atoms with van der Waals surface area (Å²) in [6, 6.07) is 8.74. The van der Waals surface area contributed by atoms with Crippen molar-refractivity contribution < 1.29 is 14.6 Å². The number of carboxylic acid groups (broad SMARTS) is 1. The number of nitrogens with two attached hydrogens (primary N) is 1. The Balaban J connectivity index is 2.49. The number of carboxylic acids is 1. The Kier molecular flexibility index (Phi) is 3.66. The predicted molar refractivity (Wildman–Crippen MR) is 78.5 cm³/mol. The fraction of sp³-hybridized carbons (Fsp3) is 0.188. The van der Waals surface area contributed by atoms with E-state index < -0.39 is 5.97 Å². The SMILES string of the molecule is Cc1ccc(C)c(Oc2cccc(C(=O)O)c2N)c1C. The fourth-order valence-electron chi connectivity index (χ4n) is 2.01. The number of aromatic carboxylic acids is 1. The van der Waals surface area contributed by atoms with Gasteiger partial charge in [-0.2, -0.15) is 0 Å². The van der Waals surface area contributed by atoms with Gasteiger partial charge >= 0.3 is 5.97 Å². The van der Waals surface area contributed by atoms with Crippen molar-refractivity contribution in [2.24, 2.45) is 0 Å². The lowest BCUT2D eigenvalue weighted by Gasteiger charge is -2.15. The number of para-hydroxylation sites is 1. The van der Waals surface area contributed by atoms with Crippen LogP contribution in [-0.2, 0) is 0 Å². The zero-order valence-corrected chi connectivity index (χ0v) is 11.7. The van der Waals surface area contributed by atoms with Crippen LogP contribution in [0.3, 0.4) is 0 Å². The molecule has 0 aliphatic heterocycles. The summed E-state index contributed by atoms with van der Waals surface area (Å²) in [4.78, 5) is 11.1. The van der Waals surface area contributed by atoms with E-state index in [1.54, 1.807) is 12.1 Å². The van der Waals surface area contributed by atoms with Crippen LogP contribution in [0.5, 0.6) is 11.5 Å². The van der Waals surface area contributed by atoms with Crippen molar-refractivity contribution in [1.29, 1.82) is 0 Å². The van der Waals surface area contributed by atoms with Crippen LogP contribution in [-0.4, -0.2) is 11.1 Å². The molecule has 0 unspecified atom stereocenters. The molecule has 0 heterocycles. The number of hydrogen-bond donors (Lipinski definition) is 2. The summed E-state index contributed by atoms with van der Waals surface area (Å²) in [5.74, 6) is 0.0200. The van der Waals surface area contributed by atoms with Crippen molar-refractivity contribution >= 4 is 11.7 Å². The Morgan fingerprint density at radius 2 is 1.75 bits per heavy atom. The molecule has 3 N–H and O–H groups in total. The van der Waals surface area contributed by atoms with Crippen LogP contribution in [0.25, 0.3) is 0 Å². The van der Waals surface area contributed by atoms with E-state index in [-0.39, 0.29) is 11.3 Å². The van der Waals surface area contributed by atoms with Crippen molar-refractivity contribution in [2.45, 2.75) is 20.8 Å². The summed E-state index contributed by atoms with van der Waals surface area (Å²) < 4.78 is 5.85. The topological polar surface area (TPSA) is 72.5 Å². The number of anilines is 1. The van der Waals surface area contributed by atoms with E-state index in [4.69, 9.17) is 15.6 Å². The molecule has 0 aliphatic rings. The van der Waals surface area contributed by atoms with Gasteiger partial charge in [-0.3, -0.25) is 0 Å². The van der Waals surface area contributed by atoms with E-state index in [0.29, 0.717) is 5.75 Å². The highest BCUT2D eigenvalue weighted by atomic mass is 16.5. The lowest BCUT2D eigenvalue weighted by atomic mass is 10.1. The Hall–Kier alpha value is -2.49. The molecule has 0 atom stereocenters. The van der Waals surface area contributed by atoms with Gasteiger partial charge in [-0.15, -0.1) is 0 Å². The van der Waals surface area contributed by atoms with Gasteiger partial charge in [0.25, 0.3) is 0 Å². The molecule has 0 fully saturated rings. The number of carbonyl (C=O) groups is 1. The first-order valence-corrected chi connectivity index (χ1v) is 6.28. The second kappa shape index (κ2) is 5.25. The molecule has 0 saturated carbocycles. The molecule has 0 radical (unpaired) electrons. The Bertz CT molecular complexity index is 678. The summed E-state index contributed by atoms with van der Waals surface area (Å²) in [6.07, 6.45) is 0. The Morgan fingerprint density at radius 3 is 2.40 bits per heavy atom. The standard InChI is InChI=1S/C16H17NO3/c1-9-7-8-10(2)15(11(9)3)20-13-6-4-5-12(14(13)17)16(18)19/h4-8H,17H2,1-3H3,(H,18,19). The summed E-state index contributed by atoms with van der Waals surface area (Å²) >= 11 is 0. The molecule has 2 aromatic rings. The second-order valence-corrected chi connectivity index (χ2v) is 4.78. The van der Waals surface area contributed by atoms with Gasteiger partial charge in [-0.05, 0) is 49.6 Å². The molecule has 20 heavy (non-hydrogen) atoms. The number of benzene rings is 2. The van der Waals surface area contributed by atoms with Crippen LogP contribution in [0.4, 0.5) is 5.69 Å². The number of nitrogen functional groups attached to an aromatic ring is 1. The summed E-state index contributed by atoms with van der Waals surface area (Å²) in [5, 5.41) is 9.07. The molecular formula is C16H17NO3. The van der Waals surface area contributed by atoms with E-state index >= 15 is 0 Å². The van der Waals surface area contributed by atoms with Crippen molar-refractivity contribution in [1.82, 2.24) is 0 Å². The van der Waals surface area contributed by atoms with Crippen LogP contribution in [0.15, 0.2) is 30.3 Å². The van der Waals surface area contributed by atoms with Gasteiger partial charge in [0.1, 0.15) is 5.75 Å². The van der Waals surface area contributed by atoms with E-state index in [0.717, 1.165) is 22.4 Å². The third-order valence-corrected chi connectivity index (χ3v) is 3.38. The van der Waals surface area contributed by atoms with Crippen LogP contribution < -0.4 is 10.5 Å². The molecule has 4 heteroatoms. The first-order valence-electron chi connectivity index (χ1n) is 6.28. The molecule has 0 bridgehead atoms. The summed E-state index contributed by atoms with van der Waals surface area (Å²) in [6.45, 7) is 5.91. The molecule has 0 amide bonds. The third-order valence-electron chi connectivity index (χ3n) is 3.38. The fourth-order valence-corrected chi connectivity index (χ4v) is 2.01. The number of ether oxygens (including phenoxy) is 1. The van der Waals surface area contributed by atoms with Crippen molar-refractivity contribution in [3.63, 3.8) is 0 Å². The second-order valence-electron chi connectivity index (χ2n) is 4.78. The molecule has 0 aromatic heterocycles. The van der Waals surface area contributed by atoms with Gasteiger partial charge in [0.2, 0.25) is 0 Å². The molecule has 0 saturated heterocycles. The number of aryl methyl sites for hydroxylation is 2. The minimum absolute atomic E-state index is 0.0467. The highest BCUT2D eigenvalue weighted by molar-refractivity contribution is 5.95. The number of hydrogen-bond acceptors (Lipinski definition) is 3. The van der Waals surface area contributed by atoms with E-state index in [9.17, 15) is 4.79 Å². The van der Waals surface area contributed by atoms with Gasteiger partial charge in [0.15, 0.2) is 5.75 Å². The zero-order chi connectivity index (χ0) is 14.9. The Morgan fingerprint density at radius 1 is 1.10 bits per heavy atom. The van der Waals surface area contributed by atoms with Crippen LogP contribution in [0.2, 0.25) is 0 Å². The summed E-state index contributed by atoms with van der Waals surface area (Å²) in [5.41, 5.74) is 9.16. The summed E-state index contributed by atoms with van der Waals surface area (Å²) in [7, 11) is 0. The van der Waals surface area contributed by atoms with Crippen LogP contribution in [0.1, 0.15) is 27.0 Å². The molecular weight excluding hydrogens is 254 g/mol. The van der Waals surface area contributed by atoms with Gasteiger partial charge < -0.3 is 15.6 Å².